The van der Waals surface area contributed by atoms with Crippen molar-refractivity contribution in [3.05, 3.63) is 72.9 Å². The summed E-state index contributed by atoms with van der Waals surface area (Å²) in [6, 6.07) is 10.6. The number of aryl methyl sites for hydroxylation is 1. The fraction of sp³-hybridized carbons (Fsp3) is 0.222. The van der Waals surface area contributed by atoms with Gasteiger partial charge in [0.1, 0.15) is 23.0 Å². The number of carbonyl (C=O) groups excluding carboxylic acids is 2. The lowest BCUT2D eigenvalue weighted by atomic mass is 10.1. The first-order valence-corrected chi connectivity index (χ1v) is 12.9. The third kappa shape index (κ3) is 6.30. The quantitative estimate of drug-likeness (QED) is 0.230. The van der Waals surface area contributed by atoms with Gasteiger partial charge in [-0.25, -0.2) is 9.79 Å². The van der Waals surface area contributed by atoms with E-state index < -0.39 is 11.9 Å². The Labute approximate surface area is 227 Å². The van der Waals surface area contributed by atoms with Gasteiger partial charge in [-0.2, -0.15) is 0 Å². The maximum absolute atomic E-state index is 12.9. The van der Waals surface area contributed by atoms with E-state index in [1.165, 1.54) is 0 Å². The molecule has 1 aliphatic heterocycles. The van der Waals surface area contributed by atoms with E-state index in [0.717, 1.165) is 20.9 Å². The van der Waals surface area contributed by atoms with E-state index in [2.05, 4.69) is 33.5 Å². The zero-order chi connectivity index (χ0) is 26.2. The summed E-state index contributed by atoms with van der Waals surface area (Å²) in [6.45, 7) is 5.91. The predicted molar refractivity (Wildman–Crippen MR) is 149 cm³/mol. The van der Waals surface area contributed by atoms with Gasteiger partial charge in [-0.1, -0.05) is 35.9 Å². The van der Waals surface area contributed by atoms with Crippen LogP contribution in [0, 0.1) is 22.8 Å². The molecule has 0 spiro atoms. The molecule has 2 aromatic rings. The number of thioether (sulfide) groups is 1. The zero-order valence-electron chi connectivity index (χ0n) is 20.0. The van der Waals surface area contributed by atoms with Crippen molar-refractivity contribution in [2.75, 3.05) is 19.8 Å². The monoisotopic (exact) mass is 617 g/mol. The summed E-state index contributed by atoms with van der Waals surface area (Å²) >= 11 is 3.12. The topological polar surface area (TPSA) is 94.4 Å². The molecule has 0 bridgehead atoms. The maximum atomic E-state index is 12.9. The van der Waals surface area contributed by atoms with E-state index in [4.69, 9.17) is 20.6 Å². The highest BCUT2D eigenvalue weighted by Crippen LogP contribution is 2.41. The minimum Gasteiger partial charge on any atom is -0.506 e. The third-order valence-electron chi connectivity index (χ3n) is 4.88. The van der Waals surface area contributed by atoms with Crippen molar-refractivity contribution in [1.29, 1.82) is 0 Å². The average Bonchev–Trinajstić information content (AvgIpc) is 3.13. The lowest BCUT2D eigenvalue weighted by Crippen LogP contribution is -2.14. The van der Waals surface area contributed by atoms with Crippen LogP contribution in [0.2, 0.25) is 0 Å². The second kappa shape index (κ2) is 12.6. The molecule has 0 saturated carbocycles. The third-order valence-corrected chi connectivity index (χ3v) is 6.70. The highest BCUT2D eigenvalue weighted by Gasteiger charge is 2.34. The molecule has 1 heterocycles. The highest BCUT2D eigenvalue weighted by atomic mass is 127. The lowest BCUT2D eigenvalue weighted by Gasteiger charge is -2.13. The highest BCUT2D eigenvalue weighted by molar-refractivity contribution is 14.1. The van der Waals surface area contributed by atoms with Crippen LogP contribution in [-0.2, 0) is 9.53 Å². The number of terminal acetylenes is 1. The number of aliphatic hydroxyl groups is 1. The summed E-state index contributed by atoms with van der Waals surface area (Å²) in [5.74, 6) is 1.86. The van der Waals surface area contributed by atoms with E-state index in [9.17, 15) is 14.7 Å². The molecule has 2 aromatic carbocycles. The molecule has 9 heteroatoms. The van der Waals surface area contributed by atoms with Crippen LogP contribution < -0.4 is 9.47 Å². The van der Waals surface area contributed by atoms with Crippen LogP contribution >= 0.6 is 34.4 Å². The molecule has 186 valence electrons. The van der Waals surface area contributed by atoms with Crippen molar-refractivity contribution in [2.45, 2.75) is 20.8 Å². The van der Waals surface area contributed by atoms with Crippen LogP contribution in [-0.4, -0.2) is 41.8 Å². The van der Waals surface area contributed by atoms with Gasteiger partial charge >= 0.3 is 5.97 Å². The number of benzene rings is 2. The van der Waals surface area contributed by atoms with Gasteiger partial charge < -0.3 is 19.3 Å². The molecule has 0 fully saturated rings. The summed E-state index contributed by atoms with van der Waals surface area (Å²) < 4.78 is 17.2. The second-order valence-electron chi connectivity index (χ2n) is 7.35. The average molecular weight is 617 g/mol. The molecule has 1 aliphatic rings. The Balaban J connectivity index is 2.06. The van der Waals surface area contributed by atoms with Gasteiger partial charge in [0, 0.05) is 5.56 Å². The van der Waals surface area contributed by atoms with Crippen molar-refractivity contribution in [3.8, 4) is 23.8 Å². The first-order valence-electron chi connectivity index (χ1n) is 11.0. The first-order chi connectivity index (χ1) is 17.3. The van der Waals surface area contributed by atoms with Gasteiger partial charge in [-0.3, -0.25) is 4.79 Å². The molecular weight excluding hydrogens is 593 g/mol. The van der Waals surface area contributed by atoms with Crippen LogP contribution in [0.4, 0.5) is 0 Å². The SMILES string of the molecule is C#CCOc1c(I)cc(/C=C2\SC(=NC(=O)c3ccccc3C)C(C(=O)OCC)=C2O)cc1OCC. The standard InChI is InChI=1S/C27H24INO6S/c1-5-12-35-24-19(28)13-17(14-20(24)33-6-2)15-21-23(30)22(27(32)34-7-3)26(36-21)29-25(31)18-11-9-8-10-16(18)4/h1,8-11,13-15,30H,6-7,12H2,2-4H3/b21-15-,29-26?. The predicted octanol–water partition coefficient (Wildman–Crippen LogP) is 5.71. The largest absolute Gasteiger partial charge is 0.506 e. The van der Waals surface area contributed by atoms with Crippen molar-refractivity contribution in [1.82, 2.24) is 0 Å². The number of hydrogen-bond acceptors (Lipinski definition) is 7. The summed E-state index contributed by atoms with van der Waals surface area (Å²) in [6.07, 6.45) is 7.00. The smallest absolute Gasteiger partial charge is 0.344 e. The van der Waals surface area contributed by atoms with E-state index in [1.807, 2.05) is 19.1 Å². The molecule has 0 atom stereocenters. The molecular formula is C27H24INO6S. The molecule has 0 aromatic heterocycles. The molecule has 3 rings (SSSR count). The number of esters is 1. The lowest BCUT2D eigenvalue weighted by molar-refractivity contribution is -0.138. The number of ether oxygens (including phenoxy) is 3. The number of halogens is 1. The van der Waals surface area contributed by atoms with Gasteiger partial charge in [-0.15, -0.1) is 6.42 Å². The molecule has 7 nitrogen and oxygen atoms in total. The Hall–Kier alpha value is -3.23. The van der Waals surface area contributed by atoms with Crippen molar-refractivity contribution in [2.24, 2.45) is 4.99 Å². The van der Waals surface area contributed by atoms with Gasteiger partial charge in [-0.05, 0) is 78.8 Å². The molecule has 36 heavy (non-hydrogen) atoms. The fourth-order valence-corrected chi connectivity index (χ4v) is 5.09. The molecule has 0 radical (unpaired) electrons. The van der Waals surface area contributed by atoms with Crippen LogP contribution in [0.3, 0.4) is 0 Å². The minimum absolute atomic E-state index is 0.0687. The minimum atomic E-state index is -0.759. The number of amides is 1. The van der Waals surface area contributed by atoms with Crippen LogP contribution in [0.1, 0.15) is 35.3 Å². The Morgan fingerprint density at radius 2 is 1.94 bits per heavy atom. The normalized spacial score (nSPS) is 15.2. The van der Waals surface area contributed by atoms with E-state index in [0.29, 0.717) is 34.1 Å². The fourth-order valence-electron chi connectivity index (χ4n) is 3.30. The Kier molecular flexibility index (Phi) is 9.61. The van der Waals surface area contributed by atoms with E-state index in [1.54, 1.807) is 44.2 Å². The zero-order valence-corrected chi connectivity index (χ0v) is 22.9. The Bertz CT molecular complexity index is 1320. The summed E-state index contributed by atoms with van der Waals surface area (Å²) in [7, 11) is 0. The van der Waals surface area contributed by atoms with Gasteiger partial charge in [0.05, 0.1) is 21.7 Å². The van der Waals surface area contributed by atoms with Gasteiger partial charge in [0.2, 0.25) is 0 Å². The van der Waals surface area contributed by atoms with Gasteiger partial charge in [0.25, 0.3) is 5.91 Å². The summed E-state index contributed by atoms with van der Waals surface area (Å²) in [4.78, 5) is 30.0. The van der Waals surface area contributed by atoms with Crippen LogP contribution in [0.15, 0.2) is 57.6 Å². The Morgan fingerprint density at radius 1 is 1.19 bits per heavy atom. The number of rotatable bonds is 8. The van der Waals surface area contributed by atoms with Crippen molar-refractivity contribution in [3.63, 3.8) is 0 Å². The van der Waals surface area contributed by atoms with Crippen LogP contribution in [0.5, 0.6) is 11.5 Å². The molecule has 0 saturated heterocycles. The first kappa shape index (κ1) is 27.4. The molecule has 1 N–H and O–H groups in total. The second-order valence-corrected chi connectivity index (χ2v) is 9.54. The molecule has 0 unspecified atom stereocenters. The van der Waals surface area contributed by atoms with Crippen molar-refractivity contribution < 1.29 is 28.9 Å². The number of carbonyl (C=O) groups is 2. The number of hydrogen-bond donors (Lipinski definition) is 1. The summed E-state index contributed by atoms with van der Waals surface area (Å²) in [5.41, 5.74) is 1.69. The number of aliphatic imine (C=N–C) groups is 1. The van der Waals surface area contributed by atoms with Crippen molar-refractivity contribution >= 4 is 57.3 Å². The Morgan fingerprint density at radius 3 is 2.61 bits per heavy atom. The summed E-state index contributed by atoms with van der Waals surface area (Å²) in [5, 5.41) is 11.0. The maximum Gasteiger partial charge on any atom is 0.344 e. The molecule has 1 amide bonds. The van der Waals surface area contributed by atoms with Gasteiger partial charge in [0.15, 0.2) is 11.5 Å². The van der Waals surface area contributed by atoms with E-state index >= 15 is 0 Å². The number of nitrogens with zero attached hydrogens (tertiary/aromatic N) is 1. The number of aliphatic hydroxyl groups excluding tert-OH is 1. The van der Waals surface area contributed by atoms with Crippen LogP contribution in [0.25, 0.3) is 6.08 Å². The van der Waals surface area contributed by atoms with E-state index in [-0.39, 0.29) is 29.6 Å². The molecule has 0 aliphatic carbocycles.